The van der Waals surface area contributed by atoms with E-state index in [1.165, 1.54) is 0 Å². The van der Waals surface area contributed by atoms with Crippen molar-refractivity contribution in [1.29, 1.82) is 0 Å². The van der Waals surface area contributed by atoms with Gasteiger partial charge in [-0.25, -0.2) is 4.79 Å². The zero-order valence-electron chi connectivity index (χ0n) is 14.6. The van der Waals surface area contributed by atoms with Crippen LogP contribution in [0.4, 0.5) is 0 Å². The van der Waals surface area contributed by atoms with Crippen molar-refractivity contribution >= 4 is 10.8 Å². The molecule has 0 spiro atoms. The van der Waals surface area contributed by atoms with Crippen molar-refractivity contribution in [3.8, 4) is 5.75 Å². The van der Waals surface area contributed by atoms with Gasteiger partial charge in [0.05, 0.1) is 6.54 Å². The maximum atomic E-state index is 11.9. The number of nitrogens with zero attached hydrogens (tertiary/aromatic N) is 2. The van der Waals surface area contributed by atoms with Crippen LogP contribution in [-0.2, 0) is 12.0 Å². The summed E-state index contributed by atoms with van der Waals surface area (Å²) >= 11 is 0. The maximum Gasteiger partial charge on any atom is 0.437 e. The summed E-state index contributed by atoms with van der Waals surface area (Å²) < 4.78 is 12.0. The molecule has 3 aromatic rings. The number of fused-ring (bicyclic) bond motifs is 1. The van der Waals surface area contributed by atoms with Gasteiger partial charge < -0.3 is 14.3 Å². The molecule has 0 fully saturated rings. The molecule has 3 rings (SSSR count). The van der Waals surface area contributed by atoms with Crippen LogP contribution in [-0.4, -0.2) is 27.6 Å². The fourth-order valence-electron chi connectivity index (χ4n) is 2.48. The zero-order valence-corrected chi connectivity index (χ0v) is 14.6. The third-order valence-electron chi connectivity index (χ3n) is 3.81. The van der Waals surface area contributed by atoms with Crippen molar-refractivity contribution in [3.05, 3.63) is 58.9 Å². The molecule has 0 saturated carbocycles. The van der Waals surface area contributed by atoms with Crippen LogP contribution in [0.3, 0.4) is 0 Å². The van der Waals surface area contributed by atoms with Gasteiger partial charge in [-0.05, 0) is 11.5 Å². The van der Waals surface area contributed by atoms with Gasteiger partial charge in [0.1, 0.15) is 18.5 Å². The molecule has 2 aromatic carbocycles. The molecule has 6 nitrogen and oxygen atoms in total. The zero-order chi connectivity index (χ0) is 18.0. The summed E-state index contributed by atoms with van der Waals surface area (Å²) in [4.78, 5) is 11.9. The van der Waals surface area contributed by atoms with Crippen molar-refractivity contribution < 1.29 is 14.3 Å². The SMILES string of the molecule is CC(C)(C)c1nn(CC(O)COc2cccc3ccccc23)c(=O)o1. The third-order valence-corrected chi connectivity index (χ3v) is 3.81. The molecule has 6 heteroatoms. The average Bonchev–Trinajstić information content (AvgIpc) is 2.94. The molecule has 0 amide bonds. The van der Waals surface area contributed by atoms with Crippen LogP contribution in [0.5, 0.6) is 5.75 Å². The highest BCUT2D eigenvalue weighted by Gasteiger charge is 2.23. The number of rotatable bonds is 5. The summed E-state index contributed by atoms with van der Waals surface area (Å²) in [6, 6.07) is 13.6. The van der Waals surface area contributed by atoms with E-state index in [1.807, 2.05) is 63.2 Å². The van der Waals surface area contributed by atoms with Crippen LogP contribution in [0.2, 0.25) is 0 Å². The minimum Gasteiger partial charge on any atom is -0.490 e. The monoisotopic (exact) mass is 342 g/mol. The summed E-state index contributed by atoms with van der Waals surface area (Å²) in [5.74, 6) is 0.467. The Balaban J connectivity index is 1.68. The van der Waals surface area contributed by atoms with Crippen LogP contribution >= 0.6 is 0 Å². The smallest absolute Gasteiger partial charge is 0.437 e. The second-order valence-corrected chi connectivity index (χ2v) is 7.05. The molecule has 0 saturated heterocycles. The molecule has 1 aromatic heterocycles. The summed E-state index contributed by atoms with van der Waals surface area (Å²) in [7, 11) is 0. The normalized spacial score (nSPS) is 13.1. The molecule has 0 radical (unpaired) electrons. The Morgan fingerprint density at radius 1 is 1.20 bits per heavy atom. The lowest BCUT2D eigenvalue weighted by Crippen LogP contribution is -2.29. The van der Waals surface area contributed by atoms with Gasteiger partial charge in [0.15, 0.2) is 0 Å². The molecule has 1 N–H and O–H groups in total. The Morgan fingerprint density at radius 2 is 1.92 bits per heavy atom. The van der Waals surface area contributed by atoms with Crippen molar-refractivity contribution in [2.24, 2.45) is 0 Å². The van der Waals surface area contributed by atoms with Gasteiger partial charge in [0.2, 0.25) is 5.89 Å². The molecule has 25 heavy (non-hydrogen) atoms. The largest absolute Gasteiger partial charge is 0.490 e. The minimum atomic E-state index is -0.880. The number of hydrogen-bond donors (Lipinski definition) is 1. The summed E-state index contributed by atoms with van der Waals surface area (Å²) in [5.41, 5.74) is -0.366. The predicted molar refractivity (Wildman–Crippen MR) is 94.9 cm³/mol. The average molecular weight is 342 g/mol. The molecular formula is C19H22N2O4. The van der Waals surface area contributed by atoms with Crippen molar-refractivity contribution in [2.75, 3.05) is 6.61 Å². The van der Waals surface area contributed by atoms with Gasteiger partial charge in [-0.1, -0.05) is 57.2 Å². The minimum absolute atomic E-state index is 0.0170. The summed E-state index contributed by atoms with van der Waals surface area (Å²) in [6.45, 7) is 5.79. The lowest BCUT2D eigenvalue weighted by molar-refractivity contribution is 0.0882. The van der Waals surface area contributed by atoms with E-state index in [1.54, 1.807) is 0 Å². The predicted octanol–water partition coefficient (Wildman–Crippen LogP) is 2.73. The van der Waals surface area contributed by atoms with E-state index in [-0.39, 0.29) is 18.6 Å². The Kier molecular flexibility index (Phi) is 4.63. The Hall–Kier alpha value is -2.60. The van der Waals surface area contributed by atoms with E-state index >= 15 is 0 Å². The van der Waals surface area contributed by atoms with Gasteiger partial charge in [0.25, 0.3) is 0 Å². The molecule has 0 aliphatic heterocycles. The fraction of sp³-hybridized carbons (Fsp3) is 0.368. The summed E-state index contributed by atoms with van der Waals surface area (Å²) in [6.07, 6.45) is -0.880. The highest BCUT2D eigenvalue weighted by atomic mass is 16.5. The van der Waals surface area contributed by atoms with Crippen LogP contribution in [0.25, 0.3) is 10.8 Å². The lowest BCUT2D eigenvalue weighted by atomic mass is 9.97. The molecule has 0 bridgehead atoms. The van der Waals surface area contributed by atoms with Crippen molar-refractivity contribution in [3.63, 3.8) is 0 Å². The van der Waals surface area contributed by atoms with E-state index in [0.717, 1.165) is 15.5 Å². The van der Waals surface area contributed by atoms with Crippen LogP contribution < -0.4 is 10.5 Å². The van der Waals surface area contributed by atoms with E-state index < -0.39 is 11.9 Å². The Morgan fingerprint density at radius 3 is 2.64 bits per heavy atom. The molecular weight excluding hydrogens is 320 g/mol. The first kappa shape index (κ1) is 17.2. The van der Waals surface area contributed by atoms with Crippen LogP contribution in [0, 0.1) is 0 Å². The number of aliphatic hydroxyl groups excluding tert-OH is 1. The van der Waals surface area contributed by atoms with Gasteiger partial charge in [0, 0.05) is 10.8 Å². The highest BCUT2D eigenvalue weighted by molar-refractivity contribution is 5.88. The quantitative estimate of drug-likeness (QED) is 0.771. The topological polar surface area (TPSA) is 77.5 Å². The molecule has 132 valence electrons. The van der Waals surface area contributed by atoms with Crippen LogP contribution in [0.15, 0.2) is 51.7 Å². The van der Waals surface area contributed by atoms with E-state index in [2.05, 4.69) is 5.10 Å². The van der Waals surface area contributed by atoms with Gasteiger partial charge >= 0.3 is 5.76 Å². The molecule has 1 heterocycles. The maximum absolute atomic E-state index is 11.9. The lowest BCUT2D eigenvalue weighted by Gasteiger charge is -2.14. The first-order chi connectivity index (χ1) is 11.8. The first-order valence-electron chi connectivity index (χ1n) is 8.21. The van der Waals surface area contributed by atoms with Gasteiger partial charge in [-0.2, -0.15) is 4.68 Å². The van der Waals surface area contributed by atoms with Gasteiger partial charge in [-0.3, -0.25) is 0 Å². The van der Waals surface area contributed by atoms with E-state index in [4.69, 9.17) is 9.15 Å². The fourth-order valence-corrected chi connectivity index (χ4v) is 2.48. The van der Waals surface area contributed by atoms with Crippen molar-refractivity contribution in [2.45, 2.75) is 38.8 Å². The first-order valence-corrected chi connectivity index (χ1v) is 8.21. The molecule has 0 aliphatic carbocycles. The Bertz CT molecular complexity index is 916. The molecule has 1 atom stereocenters. The highest BCUT2D eigenvalue weighted by Crippen LogP contribution is 2.25. The number of aromatic nitrogens is 2. The number of benzene rings is 2. The number of ether oxygens (including phenoxy) is 1. The summed E-state index contributed by atoms with van der Waals surface area (Å²) in [5, 5.41) is 16.4. The standard InChI is InChI=1S/C19H22N2O4/c1-19(2,3)17-20-21(18(23)25-17)11-14(22)12-24-16-10-6-8-13-7-4-5-9-15(13)16/h4-10,14,22H,11-12H2,1-3H3. The molecule has 0 aliphatic rings. The Labute approximate surface area is 145 Å². The second-order valence-electron chi connectivity index (χ2n) is 7.05. The van der Waals surface area contributed by atoms with Gasteiger partial charge in [-0.15, -0.1) is 5.10 Å². The second kappa shape index (κ2) is 6.72. The van der Waals surface area contributed by atoms with E-state index in [9.17, 15) is 9.90 Å². The van der Waals surface area contributed by atoms with Crippen molar-refractivity contribution in [1.82, 2.24) is 9.78 Å². The third kappa shape index (κ3) is 3.91. The number of hydrogen-bond acceptors (Lipinski definition) is 5. The number of aliphatic hydroxyl groups is 1. The van der Waals surface area contributed by atoms with Crippen LogP contribution in [0.1, 0.15) is 26.7 Å². The molecule has 1 unspecified atom stereocenters. The van der Waals surface area contributed by atoms with E-state index in [0.29, 0.717) is 11.6 Å².